The maximum atomic E-state index is 13.9. The second-order valence-corrected chi connectivity index (χ2v) is 13.4. The molecule has 3 unspecified atom stereocenters. The monoisotopic (exact) mass is 899 g/mol. The molecule has 12 nitrogen and oxygen atoms in total. The average molecular weight is 899 g/mol. The van der Waals surface area contributed by atoms with Gasteiger partial charge in [0.1, 0.15) is 0 Å². The van der Waals surface area contributed by atoms with E-state index in [1.807, 2.05) is 67.8 Å². The molecule has 0 bridgehead atoms. The van der Waals surface area contributed by atoms with Crippen molar-refractivity contribution in [1.29, 1.82) is 0 Å². The average Bonchev–Trinajstić information content (AvgIpc) is 3.40. The second-order valence-electron chi connectivity index (χ2n) is 10.2. The third-order valence-electron chi connectivity index (χ3n) is 6.20. The highest BCUT2D eigenvalue weighted by Crippen LogP contribution is 2.38. The summed E-state index contributed by atoms with van der Waals surface area (Å²) in [6.45, 7) is 9.98. The van der Waals surface area contributed by atoms with E-state index in [2.05, 4.69) is 5.32 Å². The minimum Gasteiger partial charge on any atom is -0.453 e. The first-order valence-corrected chi connectivity index (χ1v) is 15.5. The van der Waals surface area contributed by atoms with Gasteiger partial charge in [-0.25, -0.2) is 0 Å². The molecule has 2 aliphatic rings. The fourth-order valence-electron chi connectivity index (χ4n) is 4.01. The molecule has 2 aliphatic heterocycles. The van der Waals surface area contributed by atoms with Gasteiger partial charge in [-0.05, 0) is 102 Å². The maximum Gasteiger partial charge on any atom is 0.303 e. The van der Waals surface area contributed by atoms with E-state index in [0.717, 1.165) is 0 Å². The lowest BCUT2D eigenvalue weighted by atomic mass is 10.1. The molecule has 40 heavy (non-hydrogen) atoms. The Labute approximate surface area is 273 Å². The van der Waals surface area contributed by atoms with Crippen molar-refractivity contribution in [2.24, 2.45) is 0 Å². The van der Waals surface area contributed by atoms with Gasteiger partial charge in [-0.3, -0.25) is 19.2 Å². The molecule has 1 aromatic rings. The van der Waals surface area contributed by atoms with E-state index >= 15 is 0 Å². The fourth-order valence-corrected chi connectivity index (χ4v) is 8.37. The van der Waals surface area contributed by atoms with E-state index in [-0.39, 0.29) is 30.0 Å². The lowest BCUT2D eigenvalue weighted by Crippen LogP contribution is -2.42. The number of nitrogens with zero attached hydrogens (tertiary/aromatic N) is 2. The van der Waals surface area contributed by atoms with Crippen LogP contribution >= 0.6 is 67.8 Å². The highest BCUT2D eigenvalue weighted by Gasteiger charge is 2.41. The van der Waals surface area contributed by atoms with Crippen molar-refractivity contribution in [3.63, 3.8) is 0 Å². The summed E-state index contributed by atoms with van der Waals surface area (Å²) in [4.78, 5) is 55.0. The zero-order chi connectivity index (χ0) is 30.3. The van der Waals surface area contributed by atoms with Crippen LogP contribution in [0, 0.1) is 10.7 Å². The Morgan fingerprint density at radius 1 is 0.850 bits per heavy atom. The number of hydrogen-bond acceptors (Lipinski definition) is 9. The number of esters is 1. The van der Waals surface area contributed by atoms with Crippen LogP contribution in [-0.4, -0.2) is 90.9 Å². The van der Waals surface area contributed by atoms with Crippen LogP contribution in [0.3, 0.4) is 0 Å². The molecule has 2 heterocycles. The van der Waals surface area contributed by atoms with Gasteiger partial charge < -0.3 is 38.8 Å². The molecule has 3 amide bonds. The van der Waals surface area contributed by atoms with Gasteiger partial charge >= 0.3 is 5.97 Å². The van der Waals surface area contributed by atoms with Crippen molar-refractivity contribution >= 4 is 97.2 Å². The SMILES string of the molecule is CC(=O)OC(C)C(=O)Nc1c(I)c(C(=O)N(C)C2COC(C)(C)O2)c(I)c(C(=O)N(C)C2COC(C)(C)O2)c1I. The molecule has 0 spiro atoms. The first kappa shape index (κ1) is 33.6. The highest BCUT2D eigenvalue weighted by molar-refractivity contribution is 14.1. The Kier molecular flexibility index (Phi) is 10.7. The number of nitrogens with one attached hydrogen (secondary N) is 1. The molecule has 0 saturated carbocycles. The standard InChI is InChI=1S/C25H32I3N3O9/c1-11(38-12(2)32)21(33)29-20-18(27)15(22(34)30(7)13-9-36-24(3,4)39-13)17(26)16(19(20)28)23(35)31(8)14-10-37-25(5,6)40-14/h11,13-14H,9-10H2,1-8H3,(H,29,33). The van der Waals surface area contributed by atoms with Gasteiger partial charge in [0.15, 0.2) is 30.1 Å². The van der Waals surface area contributed by atoms with Crippen LogP contribution in [0.25, 0.3) is 0 Å². The lowest BCUT2D eigenvalue weighted by molar-refractivity contribution is -0.153. The highest BCUT2D eigenvalue weighted by atomic mass is 127. The van der Waals surface area contributed by atoms with Gasteiger partial charge in [-0.2, -0.15) is 0 Å². The molecule has 2 saturated heterocycles. The van der Waals surface area contributed by atoms with Crippen LogP contribution in [0.1, 0.15) is 62.3 Å². The molecular weight excluding hydrogens is 867 g/mol. The molecule has 0 radical (unpaired) electrons. The van der Waals surface area contributed by atoms with Crippen LogP contribution < -0.4 is 5.32 Å². The number of rotatable bonds is 7. The topological polar surface area (TPSA) is 133 Å². The third kappa shape index (κ3) is 7.36. The summed E-state index contributed by atoms with van der Waals surface area (Å²) in [5, 5.41) is 2.76. The number of likely N-dealkylation sites (N-methyl/N-ethyl adjacent to an activating group) is 2. The second kappa shape index (κ2) is 12.8. The summed E-state index contributed by atoms with van der Waals surface area (Å²) in [7, 11) is 3.17. The first-order valence-electron chi connectivity index (χ1n) is 12.2. The van der Waals surface area contributed by atoms with Crippen molar-refractivity contribution in [2.45, 2.75) is 71.7 Å². The zero-order valence-corrected chi connectivity index (χ0v) is 29.8. The smallest absolute Gasteiger partial charge is 0.303 e. The van der Waals surface area contributed by atoms with Crippen LogP contribution in [0.5, 0.6) is 0 Å². The number of benzene rings is 1. The van der Waals surface area contributed by atoms with Gasteiger partial charge in [0, 0.05) is 24.6 Å². The molecule has 15 heteroatoms. The van der Waals surface area contributed by atoms with Gasteiger partial charge in [0.2, 0.25) is 0 Å². The number of ether oxygens (including phenoxy) is 5. The Morgan fingerprint density at radius 2 is 1.25 bits per heavy atom. The summed E-state index contributed by atoms with van der Waals surface area (Å²) in [5.41, 5.74) is 0.647. The number of carbonyl (C=O) groups excluding carboxylic acids is 4. The van der Waals surface area contributed by atoms with Crippen molar-refractivity contribution in [3.8, 4) is 0 Å². The van der Waals surface area contributed by atoms with Crippen LogP contribution in [0.2, 0.25) is 0 Å². The Hall–Kier alpha value is -0.870. The molecule has 1 aromatic carbocycles. The summed E-state index contributed by atoms with van der Waals surface area (Å²) in [6.07, 6.45) is -2.43. The normalized spacial score (nSPS) is 22.0. The van der Waals surface area contributed by atoms with E-state index < -0.39 is 53.8 Å². The molecule has 2 fully saturated rings. The molecule has 3 atom stereocenters. The lowest BCUT2D eigenvalue weighted by Gasteiger charge is -2.29. The molecule has 222 valence electrons. The predicted molar refractivity (Wildman–Crippen MR) is 168 cm³/mol. The van der Waals surface area contributed by atoms with E-state index in [9.17, 15) is 19.2 Å². The van der Waals surface area contributed by atoms with Crippen molar-refractivity contribution in [3.05, 3.63) is 21.8 Å². The van der Waals surface area contributed by atoms with Crippen molar-refractivity contribution in [2.75, 3.05) is 32.6 Å². The van der Waals surface area contributed by atoms with Crippen LogP contribution in [-0.2, 0) is 33.3 Å². The summed E-state index contributed by atoms with van der Waals surface area (Å²) in [6, 6.07) is 0. The zero-order valence-electron chi connectivity index (χ0n) is 23.3. The molecule has 0 aromatic heterocycles. The third-order valence-corrected chi connectivity index (χ3v) is 9.43. The summed E-state index contributed by atoms with van der Waals surface area (Å²) < 4.78 is 29.3. The Balaban J connectivity index is 2.10. The number of carbonyl (C=O) groups is 4. The largest absolute Gasteiger partial charge is 0.453 e. The Bertz CT molecular complexity index is 1150. The summed E-state index contributed by atoms with van der Waals surface area (Å²) >= 11 is 5.92. The minimum absolute atomic E-state index is 0.166. The van der Waals surface area contributed by atoms with Gasteiger partial charge in [-0.15, -0.1) is 0 Å². The van der Waals surface area contributed by atoms with Crippen LogP contribution in [0.4, 0.5) is 5.69 Å². The van der Waals surface area contributed by atoms with Crippen LogP contribution in [0.15, 0.2) is 0 Å². The van der Waals surface area contributed by atoms with Gasteiger partial charge in [-0.1, -0.05) is 0 Å². The fraction of sp³-hybridized carbons (Fsp3) is 0.600. The predicted octanol–water partition coefficient (Wildman–Crippen LogP) is 3.75. The molecule has 3 rings (SSSR count). The van der Waals surface area contributed by atoms with E-state index in [1.54, 1.807) is 41.8 Å². The number of hydrogen-bond donors (Lipinski definition) is 1. The molecule has 1 N–H and O–H groups in total. The minimum atomic E-state index is -1.11. The van der Waals surface area contributed by atoms with Gasteiger partial charge in [0.05, 0.1) is 37.2 Å². The first-order chi connectivity index (χ1) is 18.4. The molecule has 0 aliphatic carbocycles. The van der Waals surface area contributed by atoms with E-state index in [0.29, 0.717) is 10.7 Å². The van der Waals surface area contributed by atoms with E-state index in [4.69, 9.17) is 23.7 Å². The van der Waals surface area contributed by atoms with Crippen molar-refractivity contribution < 1.29 is 42.9 Å². The number of anilines is 1. The van der Waals surface area contributed by atoms with E-state index in [1.165, 1.54) is 23.6 Å². The quantitative estimate of drug-likeness (QED) is 0.321. The Morgan fingerprint density at radius 3 is 1.57 bits per heavy atom. The van der Waals surface area contributed by atoms with Crippen molar-refractivity contribution in [1.82, 2.24) is 9.80 Å². The number of amides is 3. The maximum absolute atomic E-state index is 13.9. The van der Waals surface area contributed by atoms with Gasteiger partial charge in [0.25, 0.3) is 17.7 Å². The molecular formula is C25H32I3N3O9. The number of halogens is 3. The summed E-state index contributed by atoms with van der Waals surface area (Å²) in [5.74, 6) is -3.82.